The number of hydrogen-bond acceptors (Lipinski definition) is 8. The van der Waals surface area contributed by atoms with Crippen molar-refractivity contribution >= 4 is 11.8 Å². The van der Waals surface area contributed by atoms with Crippen LogP contribution in [0.25, 0.3) is 0 Å². The third-order valence-corrected chi connectivity index (χ3v) is 5.00. The first-order chi connectivity index (χ1) is 15.9. The Balaban J connectivity index is 1.76. The van der Waals surface area contributed by atoms with Crippen molar-refractivity contribution in [2.45, 2.75) is 46.3 Å². The highest BCUT2D eigenvalue weighted by Gasteiger charge is 2.17. The van der Waals surface area contributed by atoms with Gasteiger partial charge in [-0.15, -0.1) is 5.10 Å². The molecule has 0 radical (unpaired) electrons. The number of phenolic OH excluding ortho intramolecular Hbond substituents is 1. The molecule has 0 amide bonds. The molecule has 10 nitrogen and oxygen atoms in total. The number of Topliss-reactive ketones (excluding diaryl/α,β-unsaturated/α-hetero) is 1. The van der Waals surface area contributed by atoms with Gasteiger partial charge >= 0.3 is 5.97 Å². The first kappa shape index (κ1) is 23.7. The lowest BCUT2D eigenvalue weighted by Gasteiger charge is -2.17. The number of carboxylic acid groups (broad SMARTS) is 1. The van der Waals surface area contributed by atoms with Crippen LogP contribution in [0.5, 0.6) is 17.2 Å². The first-order valence-electron chi connectivity index (χ1n) is 10.6. The number of hydrogen-bond donors (Lipinski definition) is 2. The Morgan fingerprint density at radius 2 is 1.94 bits per heavy atom. The van der Waals surface area contributed by atoms with Gasteiger partial charge in [0.05, 0.1) is 17.7 Å². The SMILES string of the molecule is CCCc1c(OCc2ccc(C(=O)O)cc2OCCCn2cnnn2)ccc(C(C)=O)c1O. The Bertz CT molecular complexity index is 1110. The maximum atomic E-state index is 11.8. The fourth-order valence-electron chi connectivity index (χ4n) is 3.32. The fourth-order valence-corrected chi connectivity index (χ4v) is 3.32. The van der Waals surface area contributed by atoms with E-state index in [2.05, 4.69) is 15.5 Å². The van der Waals surface area contributed by atoms with Crippen LogP contribution >= 0.6 is 0 Å². The number of aryl methyl sites for hydroxylation is 1. The van der Waals surface area contributed by atoms with Crippen molar-refractivity contribution < 1.29 is 29.3 Å². The molecule has 0 aliphatic rings. The molecule has 0 aliphatic heterocycles. The van der Waals surface area contributed by atoms with Gasteiger partial charge in [-0.3, -0.25) is 4.79 Å². The van der Waals surface area contributed by atoms with Gasteiger partial charge in [0.1, 0.15) is 30.2 Å². The van der Waals surface area contributed by atoms with Gasteiger partial charge in [0.15, 0.2) is 5.78 Å². The number of carbonyl (C=O) groups excluding carboxylic acids is 1. The summed E-state index contributed by atoms with van der Waals surface area (Å²) in [6.45, 7) is 4.34. The van der Waals surface area contributed by atoms with Crippen LogP contribution in [0.15, 0.2) is 36.7 Å². The third kappa shape index (κ3) is 6.06. The normalized spacial score (nSPS) is 10.7. The van der Waals surface area contributed by atoms with Crippen LogP contribution in [-0.4, -0.2) is 48.8 Å². The Labute approximate surface area is 190 Å². The molecular formula is C23H26N4O6. The highest BCUT2D eigenvalue weighted by molar-refractivity contribution is 5.97. The second-order valence-corrected chi connectivity index (χ2v) is 7.44. The van der Waals surface area contributed by atoms with Crippen molar-refractivity contribution in [2.24, 2.45) is 0 Å². The average molecular weight is 454 g/mol. The highest BCUT2D eigenvalue weighted by atomic mass is 16.5. The van der Waals surface area contributed by atoms with Crippen LogP contribution in [0, 0.1) is 0 Å². The van der Waals surface area contributed by atoms with Crippen LogP contribution in [0.3, 0.4) is 0 Å². The van der Waals surface area contributed by atoms with Gasteiger partial charge in [0, 0.05) is 24.1 Å². The summed E-state index contributed by atoms with van der Waals surface area (Å²) in [5.74, 6) is -0.490. The second-order valence-electron chi connectivity index (χ2n) is 7.44. The summed E-state index contributed by atoms with van der Waals surface area (Å²) in [4.78, 5) is 23.2. The number of ketones is 1. The van der Waals surface area contributed by atoms with Gasteiger partial charge in [-0.25, -0.2) is 9.48 Å². The zero-order valence-electron chi connectivity index (χ0n) is 18.5. The molecule has 2 N–H and O–H groups in total. The molecule has 0 spiro atoms. The minimum absolute atomic E-state index is 0.0675. The molecule has 0 saturated heterocycles. The van der Waals surface area contributed by atoms with Crippen LogP contribution in [-0.2, 0) is 19.6 Å². The minimum atomic E-state index is -1.06. The van der Waals surface area contributed by atoms with E-state index in [4.69, 9.17) is 9.47 Å². The number of carboxylic acids is 1. The van der Waals surface area contributed by atoms with E-state index in [1.54, 1.807) is 16.8 Å². The number of tetrazole rings is 1. The van der Waals surface area contributed by atoms with E-state index < -0.39 is 5.97 Å². The number of phenols is 1. The molecule has 1 aromatic heterocycles. The Kier molecular flexibility index (Phi) is 7.96. The fraction of sp³-hybridized carbons (Fsp3) is 0.348. The van der Waals surface area contributed by atoms with Gasteiger partial charge in [-0.1, -0.05) is 19.4 Å². The van der Waals surface area contributed by atoms with E-state index in [0.717, 1.165) is 6.42 Å². The molecule has 0 saturated carbocycles. The molecule has 2 aromatic carbocycles. The van der Waals surface area contributed by atoms with Crippen molar-refractivity contribution in [3.05, 3.63) is 58.9 Å². The van der Waals surface area contributed by atoms with Crippen LogP contribution in [0.2, 0.25) is 0 Å². The number of rotatable bonds is 12. The van der Waals surface area contributed by atoms with Crippen molar-refractivity contribution in [2.75, 3.05) is 6.61 Å². The molecule has 0 bridgehead atoms. The third-order valence-electron chi connectivity index (χ3n) is 5.00. The van der Waals surface area contributed by atoms with Gasteiger partial charge in [0.2, 0.25) is 0 Å². The van der Waals surface area contributed by atoms with Gasteiger partial charge in [-0.2, -0.15) is 0 Å². The molecule has 0 unspecified atom stereocenters. The molecule has 3 rings (SSSR count). The van der Waals surface area contributed by atoms with Crippen molar-refractivity contribution in [1.29, 1.82) is 0 Å². The molecule has 10 heteroatoms. The summed E-state index contributed by atoms with van der Waals surface area (Å²) in [6.07, 6.45) is 3.42. The number of nitrogens with zero attached hydrogens (tertiary/aromatic N) is 4. The van der Waals surface area contributed by atoms with E-state index >= 15 is 0 Å². The molecule has 1 heterocycles. The van der Waals surface area contributed by atoms with Crippen molar-refractivity contribution in [3.8, 4) is 17.2 Å². The largest absolute Gasteiger partial charge is 0.507 e. The van der Waals surface area contributed by atoms with Crippen LogP contribution < -0.4 is 9.47 Å². The minimum Gasteiger partial charge on any atom is -0.507 e. The summed E-state index contributed by atoms with van der Waals surface area (Å²) in [6, 6.07) is 7.79. The number of ether oxygens (including phenoxy) is 2. The standard InChI is InChI=1S/C23H26N4O6/c1-3-5-19-20(9-8-18(15(2)28)22(19)29)33-13-17-7-6-16(23(30)31)12-21(17)32-11-4-10-27-14-24-25-26-27/h6-9,12,14,29H,3-5,10-11,13H2,1-2H3,(H,30,31). The molecule has 0 fully saturated rings. The molecule has 33 heavy (non-hydrogen) atoms. The summed E-state index contributed by atoms with van der Waals surface area (Å²) >= 11 is 0. The number of carbonyl (C=O) groups is 2. The Morgan fingerprint density at radius 1 is 1.12 bits per heavy atom. The van der Waals surface area contributed by atoms with E-state index in [0.29, 0.717) is 48.6 Å². The second kappa shape index (κ2) is 11.1. The zero-order valence-corrected chi connectivity index (χ0v) is 18.5. The monoisotopic (exact) mass is 454 g/mol. The summed E-state index contributed by atoms with van der Waals surface area (Å²) < 4.78 is 13.4. The van der Waals surface area contributed by atoms with E-state index in [-0.39, 0.29) is 29.3 Å². The summed E-state index contributed by atoms with van der Waals surface area (Å²) in [7, 11) is 0. The zero-order chi connectivity index (χ0) is 23.8. The van der Waals surface area contributed by atoms with E-state index in [1.165, 1.54) is 31.5 Å². The number of benzene rings is 2. The number of aromatic carboxylic acids is 1. The van der Waals surface area contributed by atoms with Gasteiger partial charge in [-0.05, 0) is 48.0 Å². The van der Waals surface area contributed by atoms with E-state index in [9.17, 15) is 19.8 Å². The molecule has 174 valence electrons. The maximum absolute atomic E-state index is 11.8. The van der Waals surface area contributed by atoms with Gasteiger partial charge in [0.25, 0.3) is 0 Å². The van der Waals surface area contributed by atoms with Crippen molar-refractivity contribution in [1.82, 2.24) is 20.2 Å². The maximum Gasteiger partial charge on any atom is 0.335 e. The highest BCUT2D eigenvalue weighted by Crippen LogP contribution is 2.34. The lowest BCUT2D eigenvalue weighted by atomic mass is 10.0. The average Bonchev–Trinajstić information content (AvgIpc) is 3.31. The lowest BCUT2D eigenvalue weighted by Crippen LogP contribution is -2.09. The Hall–Kier alpha value is -3.95. The van der Waals surface area contributed by atoms with Crippen LogP contribution in [0.1, 0.15) is 58.5 Å². The summed E-state index contributed by atoms with van der Waals surface area (Å²) in [5, 5.41) is 30.8. The molecule has 0 atom stereocenters. The summed E-state index contributed by atoms with van der Waals surface area (Å²) in [5.41, 5.74) is 1.57. The van der Waals surface area contributed by atoms with Crippen LogP contribution in [0.4, 0.5) is 0 Å². The predicted molar refractivity (Wildman–Crippen MR) is 118 cm³/mol. The number of aromatic nitrogens is 4. The smallest absolute Gasteiger partial charge is 0.335 e. The first-order valence-corrected chi connectivity index (χ1v) is 10.6. The number of aromatic hydroxyl groups is 1. The van der Waals surface area contributed by atoms with Gasteiger partial charge < -0.3 is 19.7 Å². The Morgan fingerprint density at radius 3 is 2.61 bits per heavy atom. The lowest BCUT2D eigenvalue weighted by molar-refractivity contribution is 0.0696. The quantitative estimate of drug-likeness (QED) is 0.312. The molecular weight excluding hydrogens is 428 g/mol. The van der Waals surface area contributed by atoms with Crippen molar-refractivity contribution in [3.63, 3.8) is 0 Å². The molecule has 3 aromatic rings. The van der Waals surface area contributed by atoms with E-state index in [1.807, 2.05) is 6.92 Å². The molecule has 0 aliphatic carbocycles. The topological polar surface area (TPSA) is 137 Å². The predicted octanol–water partition coefficient (Wildman–Crippen LogP) is 3.28.